The number of hydrogen-bond acceptors (Lipinski definition) is 4. The molecule has 1 N–H and O–H groups in total. The van der Waals surface area contributed by atoms with E-state index in [-0.39, 0.29) is 0 Å². The Morgan fingerprint density at radius 3 is 2.73 bits per heavy atom. The Morgan fingerprint density at radius 1 is 1.23 bits per heavy atom. The topological polar surface area (TPSA) is 56.9 Å². The maximum Gasteiger partial charge on any atom is 0.193 e. The van der Waals surface area contributed by atoms with Gasteiger partial charge in [-0.3, -0.25) is 4.99 Å². The molecule has 0 spiro atoms. The summed E-state index contributed by atoms with van der Waals surface area (Å²) in [7, 11) is 0. The fourth-order valence-corrected chi connectivity index (χ4v) is 4.24. The van der Waals surface area contributed by atoms with Crippen LogP contribution in [0.1, 0.15) is 49.6 Å². The van der Waals surface area contributed by atoms with Crippen molar-refractivity contribution in [3.63, 3.8) is 0 Å². The average molecular weight is 362 g/mol. The largest absolute Gasteiger partial charge is 0.361 e. The summed E-state index contributed by atoms with van der Waals surface area (Å²) in [6.45, 7) is 13.9. The van der Waals surface area contributed by atoms with E-state index in [0.29, 0.717) is 0 Å². The molecule has 6 nitrogen and oxygen atoms in total. The van der Waals surface area contributed by atoms with Gasteiger partial charge in [0.25, 0.3) is 0 Å². The summed E-state index contributed by atoms with van der Waals surface area (Å²) >= 11 is 0. The van der Waals surface area contributed by atoms with Crippen molar-refractivity contribution in [1.82, 2.24) is 20.3 Å². The van der Waals surface area contributed by atoms with Gasteiger partial charge in [0.05, 0.1) is 5.69 Å². The van der Waals surface area contributed by atoms with Crippen molar-refractivity contribution < 1.29 is 4.52 Å². The van der Waals surface area contributed by atoms with Crippen LogP contribution in [-0.4, -0.2) is 66.7 Å². The fraction of sp³-hybridized carbons (Fsp3) is 0.800. The molecule has 0 radical (unpaired) electrons. The molecule has 2 aliphatic heterocycles. The number of guanidine groups is 1. The fourth-order valence-electron chi connectivity index (χ4n) is 4.24. The van der Waals surface area contributed by atoms with Gasteiger partial charge >= 0.3 is 0 Å². The van der Waals surface area contributed by atoms with E-state index < -0.39 is 0 Å². The highest BCUT2D eigenvalue weighted by Crippen LogP contribution is 2.20. The number of likely N-dealkylation sites (tertiary alicyclic amines) is 2. The van der Waals surface area contributed by atoms with Crippen LogP contribution in [0, 0.1) is 19.8 Å². The van der Waals surface area contributed by atoms with Crippen molar-refractivity contribution >= 4 is 5.96 Å². The van der Waals surface area contributed by atoms with Crippen LogP contribution >= 0.6 is 0 Å². The van der Waals surface area contributed by atoms with E-state index in [1.165, 1.54) is 50.9 Å². The van der Waals surface area contributed by atoms with Crippen LogP contribution in [-0.2, 0) is 6.42 Å². The van der Waals surface area contributed by atoms with E-state index in [1.54, 1.807) is 0 Å². The summed E-state index contributed by atoms with van der Waals surface area (Å²) < 4.78 is 5.26. The second kappa shape index (κ2) is 9.40. The SMILES string of the molecule is CCNC(=NCCc1c(C)noc1C)N1CCC(CN2CCCCC2)C1. The predicted molar refractivity (Wildman–Crippen MR) is 106 cm³/mol. The lowest BCUT2D eigenvalue weighted by Gasteiger charge is -2.29. The third-order valence-electron chi connectivity index (χ3n) is 5.69. The third-order valence-corrected chi connectivity index (χ3v) is 5.69. The normalized spacial score (nSPS) is 22.2. The van der Waals surface area contributed by atoms with E-state index in [2.05, 4.69) is 27.2 Å². The van der Waals surface area contributed by atoms with Gasteiger partial charge in [-0.2, -0.15) is 0 Å². The molecule has 3 rings (SSSR count). The van der Waals surface area contributed by atoms with Crippen molar-refractivity contribution in [2.24, 2.45) is 10.9 Å². The Morgan fingerprint density at radius 2 is 2.04 bits per heavy atom. The van der Waals surface area contributed by atoms with Crippen molar-refractivity contribution in [2.45, 2.75) is 52.9 Å². The van der Waals surface area contributed by atoms with Gasteiger partial charge in [0.2, 0.25) is 0 Å². The molecule has 1 aromatic rings. The summed E-state index contributed by atoms with van der Waals surface area (Å²) in [6.07, 6.45) is 6.34. The maximum atomic E-state index is 5.26. The van der Waals surface area contributed by atoms with Gasteiger partial charge < -0.3 is 19.6 Å². The number of piperidine rings is 1. The van der Waals surface area contributed by atoms with Crippen molar-refractivity contribution in [3.8, 4) is 0 Å². The third kappa shape index (κ3) is 5.00. The zero-order valence-corrected chi connectivity index (χ0v) is 16.8. The summed E-state index contributed by atoms with van der Waals surface area (Å²) in [5.74, 6) is 2.77. The Balaban J connectivity index is 1.52. The first kappa shape index (κ1) is 19.2. The van der Waals surface area contributed by atoms with E-state index in [1.807, 2.05) is 13.8 Å². The van der Waals surface area contributed by atoms with E-state index >= 15 is 0 Å². The lowest BCUT2D eigenvalue weighted by atomic mass is 10.1. The number of aromatic nitrogens is 1. The number of rotatable bonds is 6. The first-order chi connectivity index (χ1) is 12.7. The van der Waals surface area contributed by atoms with Crippen molar-refractivity contribution in [1.29, 1.82) is 0 Å². The zero-order valence-electron chi connectivity index (χ0n) is 16.8. The molecule has 26 heavy (non-hydrogen) atoms. The molecule has 2 saturated heterocycles. The number of hydrogen-bond donors (Lipinski definition) is 1. The Kier molecular flexibility index (Phi) is 6.94. The van der Waals surface area contributed by atoms with Crippen LogP contribution in [0.5, 0.6) is 0 Å². The lowest BCUT2D eigenvalue weighted by molar-refractivity contribution is 0.198. The number of nitrogens with one attached hydrogen (secondary N) is 1. The van der Waals surface area contributed by atoms with Crippen LogP contribution < -0.4 is 5.32 Å². The van der Waals surface area contributed by atoms with Gasteiger partial charge in [-0.1, -0.05) is 11.6 Å². The molecule has 0 bridgehead atoms. The summed E-state index contributed by atoms with van der Waals surface area (Å²) in [5, 5.41) is 7.52. The second-order valence-corrected chi connectivity index (χ2v) is 7.75. The minimum absolute atomic E-state index is 0.776. The molecule has 1 atom stereocenters. The quantitative estimate of drug-likeness (QED) is 0.623. The van der Waals surface area contributed by atoms with Crippen LogP contribution in [0.4, 0.5) is 0 Å². The molecule has 1 aromatic heterocycles. The van der Waals surface area contributed by atoms with Gasteiger partial charge in [-0.15, -0.1) is 0 Å². The van der Waals surface area contributed by atoms with Gasteiger partial charge in [-0.05, 0) is 65.5 Å². The van der Waals surface area contributed by atoms with Gasteiger partial charge in [0.15, 0.2) is 5.96 Å². The smallest absolute Gasteiger partial charge is 0.193 e. The van der Waals surface area contributed by atoms with E-state index in [0.717, 1.165) is 55.9 Å². The molecular weight excluding hydrogens is 326 g/mol. The monoisotopic (exact) mass is 361 g/mol. The van der Waals surface area contributed by atoms with Crippen LogP contribution in [0.3, 0.4) is 0 Å². The number of aliphatic imine (C=N–C) groups is 1. The van der Waals surface area contributed by atoms with Crippen LogP contribution in [0.25, 0.3) is 0 Å². The van der Waals surface area contributed by atoms with Gasteiger partial charge in [0, 0.05) is 38.3 Å². The molecule has 146 valence electrons. The highest BCUT2D eigenvalue weighted by atomic mass is 16.5. The molecule has 2 fully saturated rings. The van der Waals surface area contributed by atoms with Crippen molar-refractivity contribution in [2.75, 3.05) is 45.8 Å². The summed E-state index contributed by atoms with van der Waals surface area (Å²) in [4.78, 5) is 10.00. The average Bonchev–Trinajstić information content (AvgIpc) is 3.23. The van der Waals surface area contributed by atoms with Gasteiger partial charge in [-0.25, -0.2) is 0 Å². The highest BCUT2D eigenvalue weighted by Gasteiger charge is 2.27. The van der Waals surface area contributed by atoms with Crippen LogP contribution in [0.15, 0.2) is 9.52 Å². The first-order valence-electron chi connectivity index (χ1n) is 10.3. The van der Waals surface area contributed by atoms with Crippen molar-refractivity contribution in [3.05, 3.63) is 17.0 Å². The molecule has 0 amide bonds. The van der Waals surface area contributed by atoms with Gasteiger partial charge in [0.1, 0.15) is 5.76 Å². The lowest BCUT2D eigenvalue weighted by Crippen LogP contribution is -2.41. The molecule has 6 heteroatoms. The van der Waals surface area contributed by atoms with E-state index in [4.69, 9.17) is 9.52 Å². The maximum absolute atomic E-state index is 5.26. The zero-order chi connectivity index (χ0) is 18.4. The first-order valence-corrected chi connectivity index (χ1v) is 10.3. The summed E-state index contributed by atoms with van der Waals surface area (Å²) in [5.41, 5.74) is 2.19. The molecule has 3 heterocycles. The number of aryl methyl sites for hydroxylation is 2. The highest BCUT2D eigenvalue weighted by molar-refractivity contribution is 5.80. The molecule has 1 unspecified atom stereocenters. The molecule has 2 aliphatic rings. The standard InChI is InChI=1S/C20H35N5O/c1-4-21-20(22-10-8-19-16(2)23-26-17(19)3)25-13-9-18(15-25)14-24-11-6-5-7-12-24/h18H,4-15H2,1-3H3,(H,21,22). The predicted octanol–water partition coefficient (Wildman–Crippen LogP) is 2.61. The Bertz CT molecular complexity index is 572. The molecule has 0 aliphatic carbocycles. The Labute approximate surface area is 158 Å². The minimum atomic E-state index is 0.776. The molecule has 0 saturated carbocycles. The summed E-state index contributed by atoms with van der Waals surface area (Å²) in [6, 6.07) is 0. The number of nitrogens with zero attached hydrogens (tertiary/aromatic N) is 4. The van der Waals surface area contributed by atoms with Crippen LogP contribution in [0.2, 0.25) is 0 Å². The van der Waals surface area contributed by atoms with E-state index in [9.17, 15) is 0 Å². The Hall–Kier alpha value is -1.56. The second-order valence-electron chi connectivity index (χ2n) is 7.75. The molecular formula is C20H35N5O. The minimum Gasteiger partial charge on any atom is -0.361 e. The molecule has 0 aromatic carbocycles.